The van der Waals surface area contributed by atoms with Crippen molar-refractivity contribution in [3.8, 4) is 0 Å². The van der Waals surface area contributed by atoms with Crippen LogP contribution in [-0.4, -0.2) is 108 Å². The zero-order valence-corrected chi connectivity index (χ0v) is 56.8. The molecule has 1 fully saturated rings. The van der Waals surface area contributed by atoms with Gasteiger partial charge in [-0.25, -0.2) is 4.79 Å². The van der Waals surface area contributed by atoms with E-state index in [4.69, 9.17) is 33.7 Å². The number of nitrogens with zero attached hydrogens (tertiary/aromatic N) is 3. The van der Waals surface area contributed by atoms with Crippen LogP contribution < -0.4 is 32.3 Å². The molecule has 3 aliphatic rings. The molecule has 0 saturated carbocycles. The number of unbranched alkanes of at least 4 members (excludes halogenated alkanes) is 2. The first-order chi connectivity index (χ1) is 45.4. The maximum Gasteiger partial charge on any atom is 0.410 e. The van der Waals surface area contributed by atoms with Gasteiger partial charge in [0.1, 0.15) is 18.1 Å². The number of esters is 2. The Kier molecular flexibility index (Phi) is 24.3. The molecule has 8 rings (SSSR count). The first-order valence-corrected chi connectivity index (χ1v) is 34.0. The van der Waals surface area contributed by atoms with Gasteiger partial charge in [0.2, 0.25) is 49.0 Å². The number of nitrogens with one attached hydrogen (secondary N) is 3. The van der Waals surface area contributed by atoms with E-state index in [1.165, 1.54) is 69.2 Å². The van der Waals surface area contributed by atoms with E-state index in [-0.39, 0.29) is 56.7 Å². The number of hydrogen-bond acceptors (Lipinski definition) is 16. The van der Waals surface area contributed by atoms with Gasteiger partial charge in [0, 0.05) is 51.2 Å². The summed E-state index contributed by atoms with van der Waals surface area (Å²) in [5.41, 5.74) is 5.21. The summed E-state index contributed by atoms with van der Waals surface area (Å²) < 4.78 is 81.6. The van der Waals surface area contributed by atoms with E-state index in [2.05, 4.69) is 28.1 Å². The summed E-state index contributed by atoms with van der Waals surface area (Å²) in [6, 6.07) is 20.2. The Hall–Kier alpha value is -8.22. The molecule has 6 amide bonds. The number of fused-ring (bicyclic) bond motifs is 1. The number of halogens is 2. The van der Waals surface area contributed by atoms with Crippen LogP contribution in [0.3, 0.4) is 0 Å². The molecule has 3 aliphatic heterocycles. The van der Waals surface area contributed by atoms with Gasteiger partial charge in [0.05, 0.1) is 46.3 Å². The largest absolute Gasteiger partial charge is 0.438 e. The predicted octanol–water partition coefficient (Wildman–Crippen LogP) is 9.20. The molecular formula is C70H88F2N7O16P. The second kappa shape index (κ2) is 31.8. The number of nitrogens with two attached hydrogens (primary N) is 1. The van der Waals surface area contributed by atoms with E-state index in [0.717, 1.165) is 77.6 Å². The van der Waals surface area contributed by atoms with E-state index in [1.807, 2.05) is 48.5 Å². The van der Waals surface area contributed by atoms with Crippen LogP contribution in [0.4, 0.5) is 14.5 Å². The third-order valence-corrected chi connectivity index (χ3v) is 19.1. The highest BCUT2D eigenvalue weighted by molar-refractivity contribution is 7.54. The molecule has 518 valence electrons. The number of aromatic nitrogens is 2. The Morgan fingerprint density at radius 2 is 1.42 bits per heavy atom. The number of carbonyl (C=O) groups is 8. The normalized spacial score (nSPS) is 17.5. The fourth-order valence-electron chi connectivity index (χ4n) is 11.8. The van der Waals surface area contributed by atoms with Crippen LogP contribution >= 0.6 is 7.60 Å². The van der Waals surface area contributed by atoms with Crippen LogP contribution in [0.25, 0.3) is 16.6 Å². The molecule has 5 N–H and O–H groups in total. The minimum absolute atomic E-state index is 0.0511. The second-order valence-electron chi connectivity index (χ2n) is 26.7. The van der Waals surface area contributed by atoms with Crippen molar-refractivity contribution < 1.29 is 79.7 Å². The molecule has 0 radical (unpaired) electrons. The fourth-order valence-corrected chi connectivity index (χ4v) is 13.0. The lowest BCUT2D eigenvalue weighted by atomic mass is 9.98. The third kappa shape index (κ3) is 18.1. The molecule has 4 aromatic carbocycles. The molecule has 1 aromatic heterocycles. The van der Waals surface area contributed by atoms with Gasteiger partial charge >= 0.3 is 30.9 Å². The smallest absolute Gasteiger partial charge is 0.410 e. The summed E-state index contributed by atoms with van der Waals surface area (Å²) in [5.74, 6) is -4.75. The molecule has 1 saturated heterocycles. The molecule has 0 spiro atoms. The molecule has 5 aromatic rings. The monoisotopic (exact) mass is 1350 g/mol. The molecule has 4 heterocycles. The van der Waals surface area contributed by atoms with Gasteiger partial charge in [-0.2, -0.15) is 8.78 Å². The number of rotatable bonds is 31. The number of allylic oxidation sites excluding steroid dienone is 1. The van der Waals surface area contributed by atoms with Crippen LogP contribution in [0.15, 0.2) is 95.8 Å². The number of imide groups is 1. The van der Waals surface area contributed by atoms with Gasteiger partial charge in [0.15, 0.2) is 0 Å². The zero-order valence-electron chi connectivity index (χ0n) is 55.9. The van der Waals surface area contributed by atoms with Crippen molar-refractivity contribution in [2.24, 2.45) is 23.6 Å². The van der Waals surface area contributed by atoms with Crippen molar-refractivity contribution >= 4 is 77.3 Å². The van der Waals surface area contributed by atoms with E-state index in [1.54, 1.807) is 25.5 Å². The average molecular weight is 1350 g/mol. The summed E-state index contributed by atoms with van der Waals surface area (Å²) in [5, 5.41) is 8.21. The van der Waals surface area contributed by atoms with E-state index < -0.39 is 115 Å². The number of alkyl halides is 2. The average Bonchev–Trinajstić information content (AvgIpc) is 1.56. The van der Waals surface area contributed by atoms with Gasteiger partial charge in [0.25, 0.3) is 0 Å². The van der Waals surface area contributed by atoms with Crippen molar-refractivity contribution in [2.45, 2.75) is 181 Å². The van der Waals surface area contributed by atoms with Crippen LogP contribution in [0.2, 0.25) is 0 Å². The van der Waals surface area contributed by atoms with Gasteiger partial charge in [-0.05, 0) is 158 Å². The third-order valence-electron chi connectivity index (χ3n) is 17.3. The van der Waals surface area contributed by atoms with Crippen molar-refractivity contribution in [1.29, 1.82) is 0 Å². The number of carbonyl (C=O) groups excluding carboxylic acids is 8. The van der Waals surface area contributed by atoms with E-state index in [0.29, 0.717) is 48.4 Å². The second-order valence-corrected chi connectivity index (χ2v) is 28.8. The molecule has 5 atom stereocenters. The first-order valence-electron chi connectivity index (χ1n) is 32.4. The Bertz CT molecular complexity index is 3800. The van der Waals surface area contributed by atoms with Gasteiger partial charge in [-0.1, -0.05) is 85.3 Å². The minimum Gasteiger partial charge on any atom is -0.438 e. The lowest BCUT2D eigenvalue weighted by molar-refractivity contribution is -0.163. The summed E-state index contributed by atoms with van der Waals surface area (Å²) in [6.07, 6.45) is 7.00. The van der Waals surface area contributed by atoms with E-state index in [9.17, 15) is 47.7 Å². The van der Waals surface area contributed by atoms with Gasteiger partial charge in [-0.3, -0.25) is 71.3 Å². The minimum atomic E-state index is -5.60. The van der Waals surface area contributed by atoms with E-state index >= 15 is 8.78 Å². The van der Waals surface area contributed by atoms with Crippen molar-refractivity contribution in [2.75, 3.05) is 31.7 Å². The van der Waals surface area contributed by atoms with Crippen molar-refractivity contribution in [3.63, 3.8) is 0 Å². The van der Waals surface area contributed by atoms with Crippen LogP contribution in [0.1, 0.15) is 158 Å². The summed E-state index contributed by atoms with van der Waals surface area (Å²) >= 11 is 0. The molecule has 96 heavy (non-hydrogen) atoms. The Balaban J connectivity index is 0.814. The molecule has 23 nitrogen and oxygen atoms in total. The van der Waals surface area contributed by atoms with Gasteiger partial charge in [-0.15, -0.1) is 0 Å². The number of benzene rings is 4. The molecule has 0 aliphatic carbocycles. The SMILES string of the molecule is C/C(=C\C(=O)N[C@H]1CCc2cccc3c2N(C1=O)[C@H](C(=O)N[C@@H](CCC(N)=O)[C@@H](C)OCc1ccc(CCCCCOCCCc2cccc4c2n(C)c(=O)n4C2CCC(=O)NC2=O)cc1)C3)c1ccc(C(F)(F)P(=O)(OCOC(=O)C(C)(C)C)OCOC(=O)C(C)(C)C)cc1. The van der Waals surface area contributed by atoms with Crippen molar-refractivity contribution in [1.82, 2.24) is 25.1 Å². The number of amides is 6. The maximum atomic E-state index is 16.3. The summed E-state index contributed by atoms with van der Waals surface area (Å²) in [6.45, 7) is 11.5. The Labute approximate surface area is 557 Å². The van der Waals surface area contributed by atoms with Crippen LogP contribution in [-0.2, 0) is 116 Å². The number of ether oxygens (including phenoxy) is 4. The Morgan fingerprint density at radius 3 is 2.06 bits per heavy atom. The maximum absolute atomic E-state index is 16.3. The Morgan fingerprint density at radius 1 is 0.781 bits per heavy atom. The van der Waals surface area contributed by atoms with Gasteiger partial charge < -0.3 is 35.3 Å². The molecule has 1 unspecified atom stereocenters. The highest BCUT2D eigenvalue weighted by atomic mass is 31.2. The first kappa shape index (κ1) is 73.6. The lowest BCUT2D eigenvalue weighted by Gasteiger charge is -2.31. The summed E-state index contributed by atoms with van der Waals surface area (Å²) in [4.78, 5) is 119. The number of piperidine rings is 1. The molecule has 26 heteroatoms. The molecule has 0 bridgehead atoms. The highest BCUT2D eigenvalue weighted by Gasteiger charge is 2.56. The zero-order chi connectivity index (χ0) is 69.9. The molecular weight excluding hydrogens is 1260 g/mol. The fraction of sp³-hybridized carbons (Fsp3) is 0.500. The number of para-hydroxylation sites is 2. The summed E-state index contributed by atoms with van der Waals surface area (Å²) in [7, 11) is -3.91. The number of aryl methyl sites for hydroxylation is 4. The van der Waals surface area contributed by atoms with Crippen LogP contribution in [0, 0.1) is 10.8 Å². The standard InChI is InChI=1S/C70H88F2N7O16P/c1-43(47-26-29-51(30-27-47)70(71,72)96(89,94-41-92-65(86)68(3,4)5)95-42-93-66(87)69(6,7)8)38-59(82)74-53-31-28-49-17-13-19-50-39-56(79(60(49)50)64(53)85)63(84)75-52(32-34-57(73)80)44(2)91-40-46-24-22-45(23-25-46)16-11-10-12-36-90-37-15-20-48-18-14-21-54-61(48)77(9)67(88)78(54)55-33-35-58(81)76-62(55)83/h13-14,17-19,21-27,29-30,38,44,52-53,55-56H,10-12,15-16,20,28,31-37,39-42H2,1-9H3,(H2,73,80)(H,74,82)(H,75,84)(H,76,81,83)/b43-38+/t44-,52+,53+,55?,56+/m1/s1. The highest BCUT2D eigenvalue weighted by Crippen LogP contribution is 2.67. The number of anilines is 1. The topological polar surface area (TPSA) is 301 Å². The number of imidazole rings is 1. The quantitative estimate of drug-likeness (QED) is 0.00802. The number of primary amides is 1. The predicted molar refractivity (Wildman–Crippen MR) is 353 cm³/mol. The number of hydrogen-bond donors (Lipinski definition) is 4. The lowest BCUT2D eigenvalue weighted by Crippen LogP contribution is -2.56. The van der Waals surface area contributed by atoms with Crippen LogP contribution in [0.5, 0.6) is 0 Å². The van der Waals surface area contributed by atoms with Crippen molar-refractivity contribution in [3.05, 3.63) is 140 Å².